The van der Waals surface area contributed by atoms with Crippen LogP contribution >= 0.6 is 0 Å². The van der Waals surface area contributed by atoms with Gasteiger partial charge in [0.2, 0.25) is 0 Å². The molecule has 2 heterocycles. The molecule has 0 aliphatic carbocycles. The number of aromatic nitrogens is 2. The van der Waals surface area contributed by atoms with E-state index in [4.69, 9.17) is 5.73 Å². The van der Waals surface area contributed by atoms with Crippen LogP contribution in [0, 0.1) is 13.8 Å². The third-order valence-corrected chi connectivity index (χ3v) is 3.77. The topological polar surface area (TPSA) is 43.3 Å². The molecule has 1 atom stereocenters. The van der Waals surface area contributed by atoms with Gasteiger partial charge in [-0.15, -0.1) is 0 Å². The highest BCUT2D eigenvalue weighted by molar-refractivity contribution is 5.57. The Hall–Kier alpha value is -2.13. The second-order valence-electron chi connectivity index (χ2n) is 4.90. The number of hydrogen-bond acceptors (Lipinski definition) is 2. The Labute approximate surface area is 112 Å². The van der Waals surface area contributed by atoms with Crippen LogP contribution in [0.3, 0.4) is 0 Å². The first kappa shape index (κ1) is 11.9. The summed E-state index contributed by atoms with van der Waals surface area (Å²) in [4.78, 5) is 0. The molecule has 0 saturated carbocycles. The molecule has 3 rings (SSSR count). The third kappa shape index (κ3) is 1.92. The zero-order valence-corrected chi connectivity index (χ0v) is 11.2. The van der Waals surface area contributed by atoms with Gasteiger partial charge in [0.05, 0.1) is 17.8 Å². The summed E-state index contributed by atoms with van der Waals surface area (Å²) in [5, 5.41) is 4.35. The summed E-state index contributed by atoms with van der Waals surface area (Å²) in [6.07, 6.45) is 3.80. The van der Waals surface area contributed by atoms with Crippen molar-refractivity contribution < 1.29 is 0 Å². The maximum atomic E-state index is 6.44. The van der Waals surface area contributed by atoms with Crippen molar-refractivity contribution in [1.29, 1.82) is 0 Å². The average Bonchev–Trinajstić information content (AvgIpc) is 2.85. The molecule has 2 aromatic heterocycles. The predicted octanol–water partition coefficient (Wildman–Crippen LogP) is 3.00. The van der Waals surface area contributed by atoms with E-state index in [9.17, 15) is 0 Å². The fourth-order valence-corrected chi connectivity index (χ4v) is 2.47. The van der Waals surface area contributed by atoms with Crippen LogP contribution in [0.25, 0.3) is 5.52 Å². The maximum absolute atomic E-state index is 6.44. The largest absolute Gasteiger partial charge is 0.320 e. The highest BCUT2D eigenvalue weighted by Gasteiger charge is 2.16. The van der Waals surface area contributed by atoms with E-state index >= 15 is 0 Å². The molecule has 1 unspecified atom stereocenters. The van der Waals surface area contributed by atoms with Crippen molar-refractivity contribution in [2.24, 2.45) is 5.73 Å². The highest BCUT2D eigenvalue weighted by atomic mass is 15.2. The fourth-order valence-electron chi connectivity index (χ4n) is 2.47. The van der Waals surface area contributed by atoms with Crippen molar-refractivity contribution in [2.45, 2.75) is 19.9 Å². The van der Waals surface area contributed by atoms with Crippen molar-refractivity contribution >= 4 is 5.52 Å². The normalized spacial score (nSPS) is 12.8. The number of nitrogens with two attached hydrogens (primary N) is 1. The van der Waals surface area contributed by atoms with Crippen LogP contribution < -0.4 is 5.73 Å². The number of pyridine rings is 1. The van der Waals surface area contributed by atoms with E-state index in [1.165, 1.54) is 16.7 Å². The standard InChI is InChI=1S/C16H17N3/c1-11-6-5-7-13(12(11)2)16(17)14-10-18-19-9-4-3-8-15(14)19/h3-10,16H,17H2,1-2H3. The first-order chi connectivity index (χ1) is 9.18. The van der Waals surface area contributed by atoms with Crippen LogP contribution in [0.1, 0.15) is 28.3 Å². The predicted molar refractivity (Wildman–Crippen MR) is 77.1 cm³/mol. The summed E-state index contributed by atoms with van der Waals surface area (Å²) in [5.41, 5.74) is 12.3. The van der Waals surface area contributed by atoms with Crippen molar-refractivity contribution in [3.8, 4) is 0 Å². The van der Waals surface area contributed by atoms with Gasteiger partial charge in [0.25, 0.3) is 0 Å². The monoisotopic (exact) mass is 251 g/mol. The minimum Gasteiger partial charge on any atom is -0.320 e. The molecule has 19 heavy (non-hydrogen) atoms. The van der Waals surface area contributed by atoms with E-state index in [1.807, 2.05) is 35.1 Å². The molecule has 3 heteroatoms. The van der Waals surface area contributed by atoms with E-state index in [0.717, 1.165) is 11.1 Å². The minimum absolute atomic E-state index is 0.139. The summed E-state index contributed by atoms with van der Waals surface area (Å²) < 4.78 is 1.86. The summed E-state index contributed by atoms with van der Waals surface area (Å²) >= 11 is 0. The third-order valence-electron chi connectivity index (χ3n) is 3.77. The molecule has 0 bridgehead atoms. The van der Waals surface area contributed by atoms with Crippen molar-refractivity contribution in [3.63, 3.8) is 0 Å². The van der Waals surface area contributed by atoms with Gasteiger partial charge >= 0.3 is 0 Å². The smallest absolute Gasteiger partial charge is 0.0712 e. The van der Waals surface area contributed by atoms with Crippen LogP contribution in [-0.2, 0) is 0 Å². The van der Waals surface area contributed by atoms with Gasteiger partial charge < -0.3 is 5.73 Å². The van der Waals surface area contributed by atoms with Crippen LogP contribution in [-0.4, -0.2) is 9.61 Å². The van der Waals surface area contributed by atoms with Gasteiger partial charge in [-0.25, -0.2) is 4.52 Å². The van der Waals surface area contributed by atoms with Gasteiger partial charge in [-0.3, -0.25) is 0 Å². The number of aryl methyl sites for hydroxylation is 1. The minimum atomic E-state index is -0.139. The molecule has 1 aromatic carbocycles. The molecular weight excluding hydrogens is 234 g/mol. The van der Waals surface area contributed by atoms with Gasteiger partial charge in [-0.2, -0.15) is 5.10 Å². The lowest BCUT2D eigenvalue weighted by molar-refractivity contribution is 0.867. The molecule has 0 fully saturated rings. The Morgan fingerprint density at radius 3 is 2.74 bits per heavy atom. The van der Waals surface area contributed by atoms with E-state index in [0.29, 0.717) is 0 Å². The zero-order valence-electron chi connectivity index (χ0n) is 11.2. The Bertz CT molecular complexity index is 728. The second-order valence-corrected chi connectivity index (χ2v) is 4.90. The first-order valence-electron chi connectivity index (χ1n) is 6.42. The van der Waals surface area contributed by atoms with Gasteiger partial charge in [0.15, 0.2) is 0 Å². The van der Waals surface area contributed by atoms with Gasteiger partial charge in [-0.05, 0) is 42.7 Å². The lowest BCUT2D eigenvalue weighted by atomic mass is 9.94. The van der Waals surface area contributed by atoms with Crippen molar-refractivity contribution in [3.05, 3.63) is 71.0 Å². The van der Waals surface area contributed by atoms with Crippen LogP contribution in [0.2, 0.25) is 0 Å². The van der Waals surface area contributed by atoms with Crippen LogP contribution in [0.5, 0.6) is 0 Å². The Balaban J connectivity index is 2.13. The molecule has 3 aromatic rings. The molecule has 0 spiro atoms. The Morgan fingerprint density at radius 1 is 1.05 bits per heavy atom. The number of benzene rings is 1. The Kier molecular flexibility index (Phi) is 2.84. The lowest BCUT2D eigenvalue weighted by Gasteiger charge is -2.15. The second kappa shape index (κ2) is 4.52. The molecular formula is C16H17N3. The van der Waals surface area contributed by atoms with E-state index in [-0.39, 0.29) is 6.04 Å². The lowest BCUT2D eigenvalue weighted by Crippen LogP contribution is -2.13. The number of rotatable bonds is 2. The Morgan fingerprint density at radius 2 is 1.89 bits per heavy atom. The fraction of sp³-hybridized carbons (Fsp3) is 0.188. The highest BCUT2D eigenvalue weighted by Crippen LogP contribution is 2.27. The molecule has 0 saturated heterocycles. The van der Waals surface area contributed by atoms with E-state index < -0.39 is 0 Å². The molecule has 0 aliphatic heterocycles. The van der Waals surface area contributed by atoms with Crippen molar-refractivity contribution in [2.75, 3.05) is 0 Å². The van der Waals surface area contributed by atoms with Crippen LogP contribution in [0.4, 0.5) is 0 Å². The summed E-state index contributed by atoms with van der Waals surface area (Å²) in [6.45, 7) is 4.23. The molecule has 0 aliphatic rings. The number of hydrogen-bond donors (Lipinski definition) is 1. The SMILES string of the molecule is Cc1cccc(C(N)c2cnn3ccccc23)c1C. The van der Waals surface area contributed by atoms with Gasteiger partial charge in [0, 0.05) is 11.8 Å². The van der Waals surface area contributed by atoms with Crippen LogP contribution in [0.15, 0.2) is 48.8 Å². The van der Waals surface area contributed by atoms with E-state index in [2.05, 4.69) is 37.1 Å². The summed E-state index contributed by atoms with van der Waals surface area (Å²) in [6, 6.07) is 12.2. The summed E-state index contributed by atoms with van der Waals surface area (Å²) in [5.74, 6) is 0. The number of nitrogens with zero attached hydrogens (tertiary/aromatic N) is 2. The zero-order chi connectivity index (χ0) is 13.4. The quantitative estimate of drug-likeness (QED) is 0.761. The summed E-state index contributed by atoms with van der Waals surface area (Å²) in [7, 11) is 0. The maximum Gasteiger partial charge on any atom is 0.0712 e. The molecule has 0 radical (unpaired) electrons. The molecule has 3 nitrogen and oxygen atoms in total. The number of fused-ring (bicyclic) bond motifs is 1. The first-order valence-corrected chi connectivity index (χ1v) is 6.42. The molecule has 2 N–H and O–H groups in total. The van der Waals surface area contributed by atoms with Gasteiger partial charge in [0.1, 0.15) is 0 Å². The average molecular weight is 251 g/mol. The van der Waals surface area contributed by atoms with Crippen molar-refractivity contribution in [1.82, 2.24) is 9.61 Å². The van der Waals surface area contributed by atoms with Gasteiger partial charge in [-0.1, -0.05) is 24.3 Å². The molecule has 0 amide bonds. The molecule has 96 valence electrons. The van der Waals surface area contributed by atoms with E-state index in [1.54, 1.807) is 0 Å².